The van der Waals surface area contributed by atoms with Crippen LogP contribution < -0.4 is 5.73 Å². The van der Waals surface area contributed by atoms with Crippen LogP contribution in [0.2, 0.25) is 0 Å². The molecule has 0 heterocycles. The Balaban J connectivity index is 3.04. The summed E-state index contributed by atoms with van der Waals surface area (Å²) in [6.45, 7) is 7.85. The molecule has 1 rings (SSSR count). The van der Waals surface area contributed by atoms with Gasteiger partial charge in [0.25, 0.3) is 0 Å². The summed E-state index contributed by atoms with van der Waals surface area (Å²) in [4.78, 5) is 0. The van der Waals surface area contributed by atoms with Gasteiger partial charge in [-0.15, -0.1) is 6.58 Å². The zero-order valence-electron chi connectivity index (χ0n) is 7.67. The fourth-order valence-electron chi connectivity index (χ4n) is 1.11. The van der Waals surface area contributed by atoms with E-state index >= 15 is 0 Å². The van der Waals surface area contributed by atoms with Gasteiger partial charge in [0.05, 0.1) is 0 Å². The number of rotatable bonds is 2. The van der Waals surface area contributed by atoms with Crippen molar-refractivity contribution in [2.75, 3.05) is 0 Å². The maximum Gasteiger partial charge on any atom is 0.0478 e. The van der Waals surface area contributed by atoms with Crippen LogP contribution in [0.15, 0.2) is 30.9 Å². The zero-order valence-corrected chi connectivity index (χ0v) is 7.67. The zero-order chi connectivity index (χ0) is 9.14. The second kappa shape index (κ2) is 3.55. The Morgan fingerprint density at radius 1 is 1.33 bits per heavy atom. The molecule has 64 valence electrons. The lowest BCUT2D eigenvalue weighted by atomic mass is 10.0. The molecule has 1 aromatic rings. The van der Waals surface area contributed by atoms with Gasteiger partial charge in [-0.3, -0.25) is 0 Å². The van der Waals surface area contributed by atoms with Gasteiger partial charge in [-0.05, 0) is 30.5 Å². The van der Waals surface area contributed by atoms with E-state index in [9.17, 15) is 0 Å². The van der Waals surface area contributed by atoms with Gasteiger partial charge in [0.15, 0.2) is 0 Å². The lowest BCUT2D eigenvalue weighted by Gasteiger charge is -2.08. The molecule has 0 aromatic heterocycles. The summed E-state index contributed by atoms with van der Waals surface area (Å²) < 4.78 is 0. The van der Waals surface area contributed by atoms with Crippen molar-refractivity contribution < 1.29 is 0 Å². The molecule has 0 amide bonds. The maximum absolute atomic E-state index is 5.80. The highest BCUT2D eigenvalue weighted by Crippen LogP contribution is 2.15. The summed E-state index contributed by atoms with van der Waals surface area (Å²) >= 11 is 0. The Morgan fingerprint density at radius 3 is 2.50 bits per heavy atom. The molecular formula is C11H15N. The van der Waals surface area contributed by atoms with Crippen molar-refractivity contribution in [1.29, 1.82) is 0 Å². The Hall–Kier alpha value is -1.08. The third-order valence-corrected chi connectivity index (χ3v) is 2.17. The Morgan fingerprint density at radius 2 is 2.00 bits per heavy atom. The van der Waals surface area contributed by atoms with Gasteiger partial charge in [0, 0.05) is 6.04 Å². The minimum absolute atomic E-state index is 0.0377. The summed E-state index contributed by atoms with van der Waals surface area (Å²) in [5.41, 5.74) is 9.51. The molecule has 0 unspecified atom stereocenters. The second-order valence-electron chi connectivity index (χ2n) is 3.11. The first-order valence-corrected chi connectivity index (χ1v) is 4.10. The monoisotopic (exact) mass is 161 g/mol. The molecule has 1 heteroatoms. The normalized spacial score (nSPS) is 12.6. The lowest BCUT2D eigenvalue weighted by Crippen LogP contribution is -2.06. The van der Waals surface area contributed by atoms with Crippen LogP contribution in [0.5, 0.6) is 0 Å². The first-order valence-electron chi connectivity index (χ1n) is 4.10. The van der Waals surface area contributed by atoms with Gasteiger partial charge in [-0.2, -0.15) is 0 Å². The number of hydrogen-bond donors (Lipinski definition) is 1. The SMILES string of the molecule is C=C[C@@H](N)c1ccc(C)c(C)c1. The topological polar surface area (TPSA) is 26.0 Å². The van der Waals surface area contributed by atoms with E-state index in [0.29, 0.717) is 0 Å². The molecular weight excluding hydrogens is 146 g/mol. The molecule has 0 fully saturated rings. The van der Waals surface area contributed by atoms with Crippen LogP contribution in [-0.2, 0) is 0 Å². The molecule has 12 heavy (non-hydrogen) atoms. The molecule has 0 bridgehead atoms. The van der Waals surface area contributed by atoms with Crippen LogP contribution in [0.3, 0.4) is 0 Å². The number of nitrogens with two attached hydrogens (primary N) is 1. The molecule has 0 saturated heterocycles. The van der Waals surface area contributed by atoms with Crippen LogP contribution in [0.1, 0.15) is 22.7 Å². The molecule has 1 nitrogen and oxygen atoms in total. The summed E-state index contributed by atoms with van der Waals surface area (Å²) in [7, 11) is 0. The van der Waals surface area contributed by atoms with Crippen molar-refractivity contribution in [3.63, 3.8) is 0 Å². The van der Waals surface area contributed by atoms with E-state index in [1.807, 2.05) is 0 Å². The average molecular weight is 161 g/mol. The molecule has 0 spiro atoms. The minimum Gasteiger partial charge on any atom is -0.321 e. The maximum atomic E-state index is 5.80. The van der Waals surface area contributed by atoms with Crippen molar-refractivity contribution in [3.8, 4) is 0 Å². The van der Waals surface area contributed by atoms with E-state index in [1.54, 1.807) is 6.08 Å². The molecule has 0 radical (unpaired) electrons. The molecule has 0 aliphatic carbocycles. The number of hydrogen-bond acceptors (Lipinski definition) is 1. The average Bonchev–Trinajstić information content (AvgIpc) is 2.08. The fourth-order valence-corrected chi connectivity index (χ4v) is 1.11. The van der Waals surface area contributed by atoms with Crippen LogP contribution in [0, 0.1) is 13.8 Å². The number of aryl methyl sites for hydroxylation is 2. The third kappa shape index (κ3) is 1.74. The van der Waals surface area contributed by atoms with Crippen LogP contribution in [0.4, 0.5) is 0 Å². The summed E-state index contributed by atoms with van der Waals surface area (Å²) in [5, 5.41) is 0. The van der Waals surface area contributed by atoms with E-state index in [2.05, 4.69) is 38.6 Å². The fraction of sp³-hybridized carbons (Fsp3) is 0.273. The van der Waals surface area contributed by atoms with Gasteiger partial charge in [-0.1, -0.05) is 24.3 Å². The first kappa shape index (κ1) is 9.01. The van der Waals surface area contributed by atoms with Crippen LogP contribution in [0.25, 0.3) is 0 Å². The van der Waals surface area contributed by atoms with Crippen molar-refractivity contribution in [1.82, 2.24) is 0 Å². The predicted octanol–water partition coefficient (Wildman–Crippen LogP) is 2.49. The molecule has 1 atom stereocenters. The molecule has 0 aliphatic heterocycles. The third-order valence-electron chi connectivity index (χ3n) is 2.17. The number of benzene rings is 1. The van der Waals surface area contributed by atoms with Crippen molar-refractivity contribution >= 4 is 0 Å². The van der Waals surface area contributed by atoms with Crippen LogP contribution >= 0.6 is 0 Å². The predicted molar refractivity (Wildman–Crippen MR) is 53.0 cm³/mol. The second-order valence-corrected chi connectivity index (χ2v) is 3.11. The Labute approximate surface area is 73.9 Å². The first-order chi connectivity index (χ1) is 5.65. The van der Waals surface area contributed by atoms with Gasteiger partial charge in [-0.25, -0.2) is 0 Å². The van der Waals surface area contributed by atoms with E-state index in [1.165, 1.54) is 11.1 Å². The van der Waals surface area contributed by atoms with Gasteiger partial charge < -0.3 is 5.73 Å². The van der Waals surface area contributed by atoms with Gasteiger partial charge in [0.1, 0.15) is 0 Å². The molecule has 0 aliphatic rings. The Kier molecular flexibility index (Phi) is 2.66. The molecule has 2 N–H and O–H groups in total. The van der Waals surface area contributed by atoms with Crippen molar-refractivity contribution in [2.45, 2.75) is 19.9 Å². The smallest absolute Gasteiger partial charge is 0.0478 e. The summed E-state index contributed by atoms with van der Waals surface area (Å²) in [6.07, 6.45) is 1.75. The van der Waals surface area contributed by atoms with Crippen molar-refractivity contribution in [3.05, 3.63) is 47.5 Å². The van der Waals surface area contributed by atoms with E-state index in [0.717, 1.165) is 5.56 Å². The molecule has 0 saturated carbocycles. The largest absolute Gasteiger partial charge is 0.321 e. The highest BCUT2D eigenvalue weighted by atomic mass is 14.6. The Bertz CT molecular complexity index is 289. The summed E-state index contributed by atoms with van der Waals surface area (Å²) in [6, 6.07) is 6.22. The van der Waals surface area contributed by atoms with E-state index in [-0.39, 0.29) is 6.04 Å². The van der Waals surface area contributed by atoms with Gasteiger partial charge in [0.2, 0.25) is 0 Å². The minimum atomic E-state index is -0.0377. The lowest BCUT2D eigenvalue weighted by molar-refractivity contribution is 0.911. The van der Waals surface area contributed by atoms with Crippen molar-refractivity contribution in [2.24, 2.45) is 5.73 Å². The van der Waals surface area contributed by atoms with Crippen LogP contribution in [-0.4, -0.2) is 0 Å². The van der Waals surface area contributed by atoms with E-state index in [4.69, 9.17) is 5.73 Å². The van der Waals surface area contributed by atoms with E-state index < -0.39 is 0 Å². The molecule has 1 aromatic carbocycles. The highest BCUT2D eigenvalue weighted by Gasteiger charge is 2.01. The highest BCUT2D eigenvalue weighted by molar-refractivity contribution is 5.32. The quantitative estimate of drug-likeness (QED) is 0.662. The van der Waals surface area contributed by atoms with Gasteiger partial charge >= 0.3 is 0 Å². The summed E-state index contributed by atoms with van der Waals surface area (Å²) in [5.74, 6) is 0. The standard InChI is InChI=1S/C11H15N/c1-4-11(12)10-6-5-8(2)9(3)7-10/h4-7,11H,1,12H2,2-3H3/t11-/m1/s1.